The summed E-state index contributed by atoms with van der Waals surface area (Å²) in [5, 5.41) is 0. The average Bonchev–Trinajstić information content (AvgIpc) is 3.06. The first-order valence-electron chi connectivity index (χ1n) is 14.0. The van der Waals surface area contributed by atoms with Crippen LogP contribution in [-0.4, -0.2) is 11.7 Å². The smallest absolute Gasteiger partial charge is 0.147 e. The molecule has 0 fully saturated rings. The molecule has 0 spiro atoms. The highest BCUT2D eigenvalue weighted by Crippen LogP contribution is 2.38. The molecule has 0 bridgehead atoms. The van der Waals surface area contributed by atoms with Crippen molar-refractivity contribution in [3.8, 4) is 0 Å². The Morgan fingerprint density at radius 3 is 0.857 bits per heavy atom. The molecular weight excluding hydrogens is 512 g/mol. The fraction of sp³-hybridized carbons (Fsp3) is 0. The molecule has 7 rings (SSSR count). The Balaban J connectivity index is 1.51. The summed E-state index contributed by atoms with van der Waals surface area (Å²) in [6.07, 6.45) is 0. The zero-order valence-corrected chi connectivity index (χ0v) is 23.0. The predicted octanol–water partition coefficient (Wildman–Crippen LogP) is 9.83. The summed E-state index contributed by atoms with van der Waals surface area (Å²) in [6, 6.07) is 58.1. The van der Waals surface area contributed by atoms with Gasteiger partial charge in [0.15, 0.2) is 0 Å². The first-order valence-corrected chi connectivity index (χ1v) is 14.0. The van der Waals surface area contributed by atoms with Crippen molar-refractivity contribution in [3.63, 3.8) is 0 Å². The SMILES string of the molecule is c1ccc(N(C2=Nc3ccccc3C(N(c3ccccc3)c3ccccc3)=Nc3ccccc32)c2ccccc2)cc1. The molecule has 0 amide bonds. The van der Waals surface area contributed by atoms with E-state index >= 15 is 0 Å². The molecule has 1 aliphatic rings. The molecule has 0 aromatic heterocycles. The highest BCUT2D eigenvalue weighted by Gasteiger charge is 2.27. The maximum atomic E-state index is 5.45. The predicted molar refractivity (Wildman–Crippen MR) is 175 cm³/mol. The molecule has 0 radical (unpaired) electrons. The minimum atomic E-state index is 0.809. The van der Waals surface area contributed by atoms with Crippen LogP contribution in [0.5, 0.6) is 0 Å². The van der Waals surface area contributed by atoms with E-state index in [9.17, 15) is 0 Å². The molecule has 6 aromatic rings. The van der Waals surface area contributed by atoms with E-state index in [0.29, 0.717) is 0 Å². The molecule has 42 heavy (non-hydrogen) atoms. The molecule has 0 saturated carbocycles. The van der Waals surface area contributed by atoms with Crippen molar-refractivity contribution in [1.82, 2.24) is 0 Å². The van der Waals surface area contributed by atoms with E-state index in [-0.39, 0.29) is 0 Å². The summed E-state index contributed by atoms with van der Waals surface area (Å²) in [7, 11) is 0. The second-order valence-corrected chi connectivity index (χ2v) is 9.92. The largest absolute Gasteiger partial charge is 0.294 e. The molecule has 4 nitrogen and oxygen atoms in total. The lowest BCUT2D eigenvalue weighted by Gasteiger charge is -2.31. The van der Waals surface area contributed by atoms with E-state index in [1.54, 1.807) is 0 Å². The van der Waals surface area contributed by atoms with Crippen molar-refractivity contribution < 1.29 is 0 Å². The first kappa shape index (κ1) is 25.2. The van der Waals surface area contributed by atoms with Gasteiger partial charge in [-0.1, -0.05) is 97.1 Å². The number of benzene rings is 6. The number of rotatable bonds is 4. The summed E-state index contributed by atoms with van der Waals surface area (Å²) in [4.78, 5) is 15.3. The third-order valence-electron chi connectivity index (χ3n) is 7.22. The average molecular weight is 541 g/mol. The topological polar surface area (TPSA) is 31.2 Å². The molecule has 200 valence electrons. The molecule has 0 N–H and O–H groups in total. The van der Waals surface area contributed by atoms with E-state index in [1.165, 1.54) is 0 Å². The summed E-state index contributed by atoms with van der Waals surface area (Å²) < 4.78 is 0. The lowest BCUT2D eigenvalue weighted by molar-refractivity contribution is 1.26. The lowest BCUT2D eigenvalue weighted by atomic mass is 10.0. The Kier molecular flexibility index (Phi) is 6.85. The van der Waals surface area contributed by atoms with Gasteiger partial charge in [0.2, 0.25) is 0 Å². The molecule has 0 aliphatic carbocycles. The van der Waals surface area contributed by atoms with Crippen molar-refractivity contribution >= 4 is 45.8 Å². The Bertz CT molecular complexity index is 1650. The van der Waals surface area contributed by atoms with Gasteiger partial charge in [-0.25, -0.2) is 9.98 Å². The van der Waals surface area contributed by atoms with Gasteiger partial charge in [-0.2, -0.15) is 0 Å². The summed E-state index contributed by atoms with van der Waals surface area (Å²) in [5.41, 5.74) is 7.66. The molecule has 6 aromatic carbocycles. The van der Waals surface area contributed by atoms with E-state index < -0.39 is 0 Å². The monoisotopic (exact) mass is 540 g/mol. The maximum Gasteiger partial charge on any atom is 0.147 e. The zero-order chi connectivity index (χ0) is 28.1. The van der Waals surface area contributed by atoms with Gasteiger partial charge in [0.1, 0.15) is 11.7 Å². The number of para-hydroxylation sites is 6. The van der Waals surface area contributed by atoms with Crippen LogP contribution >= 0.6 is 0 Å². The molecule has 4 heteroatoms. The summed E-state index contributed by atoms with van der Waals surface area (Å²) in [5.74, 6) is 1.62. The van der Waals surface area contributed by atoms with Crippen LogP contribution in [-0.2, 0) is 0 Å². The number of anilines is 4. The Hall–Kier alpha value is -5.74. The molecular formula is C38H28N4. The Morgan fingerprint density at radius 1 is 0.286 bits per heavy atom. The fourth-order valence-corrected chi connectivity index (χ4v) is 5.31. The highest BCUT2D eigenvalue weighted by atomic mass is 15.2. The van der Waals surface area contributed by atoms with E-state index in [0.717, 1.165) is 56.9 Å². The zero-order valence-electron chi connectivity index (χ0n) is 23.0. The van der Waals surface area contributed by atoms with Crippen LogP contribution < -0.4 is 9.80 Å². The summed E-state index contributed by atoms with van der Waals surface area (Å²) in [6.45, 7) is 0. The molecule has 0 atom stereocenters. The van der Waals surface area contributed by atoms with Crippen molar-refractivity contribution in [2.75, 3.05) is 9.80 Å². The number of nitrogens with zero attached hydrogens (tertiary/aromatic N) is 4. The molecule has 1 heterocycles. The number of aliphatic imine (C=N–C) groups is 2. The van der Waals surface area contributed by atoms with Gasteiger partial charge >= 0.3 is 0 Å². The molecule has 1 aliphatic heterocycles. The van der Waals surface area contributed by atoms with E-state index in [1.807, 2.05) is 36.4 Å². The second-order valence-electron chi connectivity index (χ2n) is 9.92. The van der Waals surface area contributed by atoms with Gasteiger partial charge < -0.3 is 0 Å². The van der Waals surface area contributed by atoms with Crippen molar-refractivity contribution in [2.24, 2.45) is 9.98 Å². The normalized spacial score (nSPS) is 12.1. The Morgan fingerprint density at radius 2 is 0.548 bits per heavy atom. The van der Waals surface area contributed by atoms with Crippen LogP contribution in [0.3, 0.4) is 0 Å². The van der Waals surface area contributed by atoms with Gasteiger partial charge in [0, 0.05) is 33.9 Å². The van der Waals surface area contributed by atoms with Crippen LogP contribution in [0.1, 0.15) is 11.1 Å². The van der Waals surface area contributed by atoms with Crippen LogP contribution in [0.15, 0.2) is 180 Å². The summed E-state index contributed by atoms with van der Waals surface area (Å²) >= 11 is 0. The quantitative estimate of drug-likeness (QED) is 0.223. The fourth-order valence-electron chi connectivity index (χ4n) is 5.31. The standard InChI is InChI=1S/C38H28N4/c1-5-17-29(18-6-1)41(30-19-7-2-8-20-30)37-33-25-13-15-27-35(33)40-38(34-26-14-16-28-36(34)39-37)42(31-21-9-3-10-22-31)32-23-11-4-12-24-32/h1-28H. The third kappa shape index (κ3) is 4.87. The van der Waals surface area contributed by atoms with Gasteiger partial charge in [-0.05, 0) is 72.8 Å². The number of amidine groups is 2. The lowest BCUT2D eigenvalue weighted by Crippen LogP contribution is -2.30. The van der Waals surface area contributed by atoms with Gasteiger partial charge in [-0.3, -0.25) is 9.80 Å². The van der Waals surface area contributed by atoms with E-state index in [2.05, 4.69) is 143 Å². The minimum absolute atomic E-state index is 0.809. The van der Waals surface area contributed by atoms with Crippen molar-refractivity contribution in [1.29, 1.82) is 0 Å². The molecule has 0 unspecified atom stereocenters. The minimum Gasteiger partial charge on any atom is -0.294 e. The number of hydrogen-bond acceptors (Lipinski definition) is 4. The van der Waals surface area contributed by atoms with E-state index in [4.69, 9.17) is 9.98 Å². The van der Waals surface area contributed by atoms with Crippen LogP contribution in [0, 0.1) is 0 Å². The second kappa shape index (κ2) is 11.4. The third-order valence-corrected chi connectivity index (χ3v) is 7.22. The Labute approximate surface area is 246 Å². The van der Waals surface area contributed by atoms with Gasteiger partial charge in [0.25, 0.3) is 0 Å². The highest BCUT2D eigenvalue weighted by molar-refractivity contribution is 6.23. The van der Waals surface area contributed by atoms with Gasteiger partial charge in [0.05, 0.1) is 11.4 Å². The van der Waals surface area contributed by atoms with Crippen molar-refractivity contribution in [3.05, 3.63) is 181 Å². The number of fused-ring (bicyclic) bond motifs is 2. The van der Waals surface area contributed by atoms with Crippen molar-refractivity contribution in [2.45, 2.75) is 0 Å². The van der Waals surface area contributed by atoms with Crippen LogP contribution in [0.4, 0.5) is 34.1 Å². The number of hydrogen-bond donors (Lipinski definition) is 0. The molecule has 0 saturated heterocycles. The van der Waals surface area contributed by atoms with Crippen LogP contribution in [0.2, 0.25) is 0 Å². The van der Waals surface area contributed by atoms with Crippen LogP contribution in [0.25, 0.3) is 0 Å². The maximum absolute atomic E-state index is 5.45. The van der Waals surface area contributed by atoms with Gasteiger partial charge in [-0.15, -0.1) is 0 Å². The first-order chi connectivity index (χ1) is 20.9.